The van der Waals surface area contributed by atoms with E-state index in [1.807, 2.05) is 12.1 Å². The maximum Gasteiger partial charge on any atom is 0.262 e. The number of methoxy groups -OCH3 is 1. The molecular formula is C25H17FN6O4S2. The van der Waals surface area contributed by atoms with Crippen molar-refractivity contribution < 1.29 is 22.3 Å². The molecule has 5 aromatic rings. The number of rotatable bonds is 1. The minimum atomic E-state index is -4.25. The average Bonchev–Trinajstić information content (AvgIpc) is 3.36. The van der Waals surface area contributed by atoms with Crippen molar-refractivity contribution in [1.82, 2.24) is 25.3 Å². The van der Waals surface area contributed by atoms with Crippen molar-refractivity contribution in [3.05, 3.63) is 78.3 Å². The SMILES string of the molecule is COc1ncc2cc1NS(=O)(=O)c1ccc(F)c(c1)C(=O)NCc1cncc(c1)-c1ncnc3cc-2sc13. The van der Waals surface area contributed by atoms with E-state index >= 15 is 0 Å². The number of pyridine rings is 2. The van der Waals surface area contributed by atoms with Gasteiger partial charge in [0.25, 0.3) is 15.9 Å². The first-order valence-electron chi connectivity index (χ1n) is 11.2. The van der Waals surface area contributed by atoms with Crippen LogP contribution in [0, 0.1) is 5.82 Å². The standard InChI is InChI=1S/C25H17FN6O4S2/c1-36-25-20-5-14(11-29-25)21-7-19-23(37-21)22(31-12-30-19)15-4-13(8-27-10-15)9-28-24(33)17-6-16(2-3-18(17)26)38(34,35)32-20/h2-8,10-12,32H,9H2,1H3,(H,28,33). The number of halogens is 1. The first kappa shape index (κ1) is 23.9. The van der Waals surface area contributed by atoms with Gasteiger partial charge < -0.3 is 10.1 Å². The number of fused-ring (bicyclic) bond motifs is 9. The van der Waals surface area contributed by atoms with Crippen LogP contribution < -0.4 is 14.8 Å². The zero-order valence-electron chi connectivity index (χ0n) is 19.6. The lowest BCUT2D eigenvalue weighted by molar-refractivity contribution is 0.0946. The van der Waals surface area contributed by atoms with Gasteiger partial charge in [-0.1, -0.05) is 0 Å². The number of nitrogens with zero attached hydrogens (tertiary/aromatic N) is 4. The highest BCUT2D eigenvalue weighted by Gasteiger charge is 2.23. The number of aromatic nitrogens is 4. The molecule has 2 N–H and O–H groups in total. The summed E-state index contributed by atoms with van der Waals surface area (Å²) in [6.45, 7) is 0.0334. The van der Waals surface area contributed by atoms with Crippen LogP contribution in [0.25, 0.3) is 31.9 Å². The number of hydrogen-bond acceptors (Lipinski definition) is 9. The van der Waals surface area contributed by atoms with Crippen molar-refractivity contribution in [1.29, 1.82) is 0 Å². The van der Waals surface area contributed by atoms with Crippen molar-refractivity contribution in [3.63, 3.8) is 0 Å². The summed E-state index contributed by atoms with van der Waals surface area (Å²) in [5.74, 6) is -1.60. The molecule has 13 heteroatoms. The predicted molar refractivity (Wildman–Crippen MR) is 139 cm³/mol. The highest BCUT2D eigenvalue weighted by atomic mass is 32.2. The number of ether oxygens (including phenoxy) is 1. The van der Waals surface area contributed by atoms with Gasteiger partial charge in [-0.25, -0.2) is 27.8 Å². The van der Waals surface area contributed by atoms with Crippen LogP contribution in [-0.4, -0.2) is 41.4 Å². The van der Waals surface area contributed by atoms with Crippen LogP contribution in [0.2, 0.25) is 0 Å². The molecule has 0 saturated carbocycles. The van der Waals surface area contributed by atoms with E-state index in [9.17, 15) is 17.6 Å². The molecule has 0 atom stereocenters. The van der Waals surface area contributed by atoms with Gasteiger partial charge in [0.1, 0.15) is 17.8 Å². The quantitative estimate of drug-likeness (QED) is 0.321. The second kappa shape index (κ2) is 9.11. The van der Waals surface area contributed by atoms with Gasteiger partial charge in [0.05, 0.1) is 33.5 Å². The zero-order chi connectivity index (χ0) is 26.4. The molecule has 1 aliphatic rings. The average molecular weight is 549 g/mol. The van der Waals surface area contributed by atoms with Crippen molar-refractivity contribution >= 4 is 43.2 Å². The number of benzene rings is 1. The van der Waals surface area contributed by atoms with Crippen LogP contribution in [0.1, 0.15) is 15.9 Å². The molecule has 0 saturated heterocycles. The molecule has 10 nitrogen and oxygen atoms in total. The fourth-order valence-electron chi connectivity index (χ4n) is 4.07. The molecule has 6 rings (SSSR count). The number of nitrogens with one attached hydrogen (secondary N) is 2. The van der Waals surface area contributed by atoms with E-state index < -0.39 is 27.3 Å². The highest BCUT2D eigenvalue weighted by Crippen LogP contribution is 2.39. The number of sulfonamides is 1. The Morgan fingerprint density at radius 3 is 2.74 bits per heavy atom. The molecule has 0 unspecified atom stereocenters. The third-order valence-corrected chi connectivity index (χ3v) is 8.44. The summed E-state index contributed by atoms with van der Waals surface area (Å²) in [6.07, 6.45) is 6.25. The maximum atomic E-state index is 14.6. The second-order valence-corrected chi connectivity index (χ2v) is 11.1. The van der Waals surface area contributed by atoms with Gasteiger partial charge in [0, 0.05) is 41.1 Å². The van der Waals surface area contributed by atoms with E-state index in [0.717, 1.165) is 27.8 Å². The summed E-state index contributed by atoms with van der Waals surface area (Å²) >= 11 is 1.42. The summed E-state index contributed by atoms with van der Waals surface area (Å²) in [5, 5.41) is 2.63. The Balaban J connectivity index is 1.58. The van der Waals surface area contributed by atoms with Gasteiger partial charge >= 0.3 is 0 Å². The highest BCUT2D eigenvalue weighted by molar-refractivity contribution is 7.92. The molecule has 8 bridgehead atoms. The first-order valence-corrected chi connectivity index (χ1v) is 13.5. The summed E-state index contributed by atoms with van der Waals surface area (Å²) in [7, 11) is -2.88. The zero-order valence-corrected chi connectivity index (χ0v) is 21.2. The second-order valence-electron chi connectivity index (χ2n) is 8.34. The molecule has 4 aromatic heterocycles. The Labute approximate surface area is 219 Å². The van der Waals surface area contributed by atoms with Gasteiger partial charge in [-0.3, -0.25) is 14.5 Å². The van der Waals surface area contributed by atoms with Crippen molar-refractivity contribution in [2.24, 2.45) is 0 Å². The van der Waals surface area contributed by atoms with Crippen LogP contribution in [0.3, 0.4) is 0 Å². The van der Waals surface area contributed by atoms with Crippen LogP contribution in [0.15, 0.2) is 66.2 Å². The number of hydrogen-bond donors (Lipinski definition) is 2. The Morgan fingerprint density at radius 2 is 1.89 bits per heavy atom. The molecule has 0 fully saturated rings. The number of thiophene rings is 1. The van der Waals surface area contributed by atoms with Gasteiger partial charge in [0.2, 0.25) is 5.88 Å². The third kappa shape index (κ3) is 4.21. The lowest BCUT2D eigenvalue weighted by Gasteiger charge is -2.13. The maximum absolute atomic E-state index is 14.6. The van der Waals surface area contributed by atoms with Crippen LogP contribution in [0.5, 0.6) is 5.88 Å². The van der Waals surface area contributed by atoms with Crippen molar-refractivity contribution in [2.45, 2.75) is 11.4 Å². The molecule has 5 heterocycles. The van der Waals surface area contributed by atoms with E-state index in [-0.39, 0.29) is 23.0 Å². The minimum absolute atomic E-state index is 0.0334. The Hall–Kier alpha value is -4.49. The molecular weight excluding hydrogens is 531 g/mol. The molecule has 1 amide bonds. The lowest BCUT2D eigenvalue weighted by Crippen LogP contribution is -2.24. The molecule has 38 heavy (non-hydrogen) atoms. The minimum Gasteiger partial charge on any atom is -0.480 e. The summed E-state index contributed by atoms with van der Waals surface area (Å²) in [5.41, 5.74) is 2.97. The summed E-state index contributed by atoms with van der Waals surface area (Å²) < 4.78 is 49.6. The lowest BCUT2D eigenvalue weighted by atomic mass is 10.1. The molecule has 1 aliphatic heterocycles. The molecule has 1 aromatic carbocycles. The molecule has 0 radical (unpaired) electrons. The predicted octanol–water partition coefficient (Wildman–Crippen LogP) is 4.01. The Kier molecular flexibility index (Phi) is 5.73. The monoisotopic (exact) mass is 548 g/mol. The van der Waals surface area contributed by atoms with Gasteiger partial charge in [-0.05, 0) is 42.0 Å². The molecule has 0 aliphatic carbocycles. The van der Waals surface area contributed by atoms with E-state index in [2.05, 4.69) is 30.0 Å². The fourth-order valence-corrected chi connectivity index (χ4v) is 6.24. The van der Waals surface area contributed by atoms with E-state index in [1.54, 1.807) is 24.7 Å². The van der Waals surface area contributed by atoms with Gasteiger partial charge in [-0.15, -0.1) is 11.3 Å². The van der Waals surface area contributed by atoms with Crippen LogP contribution in [0.4, 0.5) is 10.1 Å². The summed E-state index contributed by atoms with van der Waals surface area (Å²) in [6, 6.07) is 8.27. The number of anilines is 1. The van der Waals surface area contributed by atoms with Gasteiger partial charge in [-0.2, -0.15) is 0 Å². The van der Waals surface area contributed by atoms with E-state index in [1.165, 1.54) is 24.8 Å². The summed E-state index contributed by atoms with van der Waals surface area (Å²) in [4.78, 5) is 30.7. The number of carbonyl (C=O) groups is 1. The first-order chi connectivity index (χ1) is 18.3. The Morgan fingerprint density at radius 1 is 1.03 bits per heavy atom. The van der Waals surface area contributed by atoms with Crippen LogP contribution in [-0.2, 0) is 16.6 Å². The molecule has 190 valence electrons. The van der Waals surface area contributed by atoms with E-state index in [4.69, 9.17) is 4.74 Å². The fraction of sp³-hybridized carbons (Fsp3) is 0.0800. The smallest absolute Gasteiger partial charge is 0.262 e. The van der Waals surface area contributed by atoms with E-state index in [0.29, 0.717) is 27.9 Å². The Bertz CT molecular complexity index is 1860. The van der Waals surface area contributed by atoms with Crippen molar-refractivity contribution in [3.8, 4) is 27.6 Å². The normalized spacial score (nSPS) is 14.3. The molecule has 0 spiro atoms. The number of amides is 1. The topological polar surface area (TPSA) is 136 Å². The van der Waals surface area contributed by atoms with Crippen molar-refractivity contribution in [2.75, 3.05) is 11.8 Å². The third-order valence-electron chi connectivity index (χ3n) is 5.90. The number of carbonyl (C=O) groups excluding carboxylic acids is 1. The van der Waals surface area contributed by atoms with Gasteiger partial charge in [0.15, 0.2) is 0 Å². The van der Waals surface area contributed by atoms with Crippen LogP contribution >= 0.6 is 11.3 Å². The largest absolute Gasteiger partial charge is 0.480 e.